The van der Waals surface area contributed by atoms with Crippen molar-refractivity contribution in [2.45, 2.75) is 20.0 Å². The number of allylic oxidation sites excluding steroid dienone is 1. The third kappa shape index (κ3) is 5.69. The molecule has 28 heavy (non-hydrogen) atoms. The number of hydrogen-bond donors (Lipinski definition) is 1. The first kappa shape index (κ1) is 21.7. The van der Waals surface area contributed by atoms with Crippen LogP contribution in [0.4, 0.5) is 18.9 Å². The molecule has 2 rings (SSSR count). The smallest absolute Gasteiger partial charge is 0.423 e. The Morgan fingerprint density at radius 1 is 1.18 bits per heavy atom. The van der Waals surface area contributed by atoms with Gasteiger partial charge in [-0.1, -0.05) is 24.3 Å². The van der Waals surface area contributed by atoms with E-state index in [1.165, 1.54) is 6.20 Å². The van der Waals surface area contributed by atoms with Crippen LogP contribution in [0.3, 0.4) is 0 Å². The molecule has 0 aliphatic carbocycles. The van der Waals surface area contributed by atoms with Gasteiger partial charge in [-0.15, -0.1) is 0 Å². The molecule has 0 saturated heterocycles. The Morgan fingerprint density at radius 2 is 1.82 bits per heavy atom. The quantitative estimate of drug-likeness (QED) is 0.252. The molecular formula is C20H19BrF3N3O. The molecule has 0 fully saturated rings. The Morgan fingerprint density at radius 3 is 2.32 bits per heavy atom. The van der Waals surface area contributed by atoms with Crippen LogP contribution in [-0.2, 0) is 4.74 Å². The molecular weight excluding hydrogens is 435 g/mol. The molecule has 2 aromatic rings. The Bertz CT molecular complexity index is 902. The average Bonchev–Trinajstić information content (AvgIpc) is 2.62. The van der Waals surface area contributed by atoms with E-state index in [4.69, 9.17) is 4.74 Å². The first-order valence-electron chi connectivity index (χ1n) is 8.17. The van der Waals surface area contributed by atoms with Crippen LogP contribution in [0.5, 0.6) is 0 Å². The van der Waals surface area contributed by atoms with E-state index in [1.54, 1.807) is 43.3 Å². The van der Waals surface area contributed by atoms with Gasteiger partial charge in [-0.3, -0.25) is 0 Å². The van der Waals surface area contributed by atoms with Crippen LogP contribution < -0.4 is 5.32 Å². The number of halogens is 4. The summed E-state index contributed by atoms with van der Waals surface area (Å²) in [6.45, 7) is 7.01. The lowest BCUT2D eigenvalue weighted by Crippen LogP contribution is -2.20. The summed E-state index contributed by atoms with van der Waals surface area (Å²) >= 11 is 3.21. The number of aliphatic imine (C=N–C) groups is 1. The number of nitrogens with zero attached hydrogens (tertiary/aromatic N) is 2. The first-order chi connectivity index (χ1) is 13.1. The number of anilines is 1. The highest BCUT2D eigenvalue weighted by molar-refractivity contribution is 9.10. The van der Waals surface area contributed by atoms with Crippen LogP contribution in [0.2, 0.25) is 0 Å². The fourth-order valence-electron chi connectivity index (χ4n) is 2.31. The lowest BCUT2D eigenvalue weighted by Gasteiger charge is -2.18. The minimum Gasteiger partial charge on any atom is -0.480 e. The van der Waals surface area contributed by atoms with E-state index in [9.17, 15) is 13.2 Å². The van der Waals surface area contributed by atoms with Crippen molar-refractivity contribution in [1.82, 2.24) is 4.98 Å². The van der Waals surface area contributed by atoms with Crippen LogP contribution in [0.25, 0.3) is 0 Å². The summed E-state index contributed by atoms with van der Waals surface area (Å²) in [6, 6.07) is 10.3. The zero-order valence-corrected chi connectivity index (χ0v) is 17.1. The Hall–Kier alpha value is -2.61. The standard InChI is InChI=1S/C20H19BrF3N3O/c1-12-5-8-16(9-6-12)26-14(3)18(20(22,23)24)19(28-4)27-13(2)15-7-10-17(21)25-11-15/h5-11,26H,3H2,1-2,4H3/b19-18-,27-13?. The second kappa shape index (κ2) is 9.05. The molecule has 0 amide bonds. The monoisotopic (exact) mass is 453 g/mol. The maximum Gasteiger partial charge on any atom is 0.423 e. The number of hydrogen-bond acceptors (Lipinski definition) is 4. The van der Waals surface area contributed by atoms with E-state index < -0.39 is 17.6 Å². The van der Waals surface area contributed by atoms with Crippen LogP contribution >= 0.6 is 15.9 Å². The number of aryl methyl sites for hydroxylation is 1. The number of nitrogens with one attached hydrogen (secondary N) is 1. The predicted molar refractivity (Wildman–Crippen MR) is 108 cm³/mol. The highest BCUT2D eigenvalue weighted by atomic mass is 79.9. The van der Waals surface area contributed by atoms with Gasteiger partial charge in [0.05, 0.1) is 12.8 Å². The topological polar surface area (TPSA) is 46.5 Å². The van der Waals surface area contributed by atoms with Crippen molar-refractivity contribution in [3.05, 3.63) is 82.1 Å². The summed E-state index contributed by atoms with van der Waals surface area (Å²) in [5, 5.41) is 2.67. The van der Waals surface area contributed by atoms with Crippen molar-refractivity contribution >= 4 is 27.3 Å². The summed E-state index contributed by atoms with van der Waals surface area (Å²) in [4.78, 5) is 8.09. The van der Waals surface area contributed by atoms with Crippen molar-refractivity contribution < 1.29 is 17.9 Å². The van der Waals surface area contributed by atoms with Gasteiger partial charge < -0.3 is 10.1 Å². The number of methoxy groups -OCH3 is 1. The van der Waals surface area contributed by atoms with E-state index in [0.717, 1.165) is 12.7 Å². The number of alkyl halides is 3. The zero-order valence-electron chi connectivity index (χ0n) is 15.6. The van der Waals surface area contributed by atoms with E-state index in [0.29, 0.717) is 21.6 Å². The van der Waals surface area contributed by atoms with E-state index in [1.807, 2.05) is 6.92 Å². The van der Waals surface area contributed by atoms with Gasteiger partial charge in [-0.25, -0.2) is 9.98 Å². The van der Waals surface area contributed by atoms with E-state index >= 15 is 0 Å². The molecule has 4 nitrogen and oxygen atoms in total. The predicted octanol–water partition coefficient (Wildman–Crippen LogP) is 6.01. The zero-order chi connectivity index (χ0) is 20.9. The van der Waals surface area contributed by atoms with Gasteiger partial charge in [0.15, 0.2) is 0 Å². The maximum absolute atomic E-state index is 13.8. The number of aromatic nitrogens is 1. The van der Waals surface area contributed by atoms with Crippen LogP contribution in [-0.4, -0.2) is 24.0 Å². The molecule has 0 spiro atoms. The minimum atomic E-state index is -4.72. The average molecular weight is 454 g/mol. The molecule has 0 aliphatic heterocycles. The minimum absolute atomic E-state index is 0.321. The van der Waals surface area contributed by atoms with Crippen molar-refractivity contribution in [3.8, 4) is 0 Å². The number of pyridine rings is 1. The third-order valence-electron chi connectivity index (χ3n) is 3.75. The van der Waals surface area contributed by atoms with Gasteiger partial charge in [0.25, 0.3) is 0 Å². The summed E-state index contributed by atoms with van der Waals surface area (Å²) in [5.74, 6) is -0.586. The summed E-state index contributed by atoms with van der Waals surface area (Å²) in [7, 11) is 1.14. The fourth-order valence-corrected chi connectivity index (χ4v) is 2.54. The largest absolute Gasteiger partial charge is 0.480 e. The van der Waals surface area contributed by atoms with Crippen LogP contribution in [0.1, 0.15) is 18.1 Å². The molecule has 0 aliphatic rings. The summed E-state index contributed by atoms with van der Waals surface area (Å²) in [6.07, 6.45) is -3.22. The first-order valence-corrected chi connectivity index (χ1v) is 8.96. The van der Waals surface area contributed by atoms with Crippen molar-refractivity contribution in [2.24, 2.45) is 4.99 Å². The highest BCUT2D eigenvalue weighted by Gasteiger charge is 2.40. The van der Waals surface area contributed by atoms with Gasteiger partial charge in [-0.2, -0.15) is 13.2 Å². The number of benzene rings is 1. The van der Waals surface area contributed by atoms with Gasteiger partial charge in [-0.05, 0) is 54.0 Å². The lowest BCUT2D eigenvalue weighted by atomic mass is 10.1. The second-order valence-electron chi connectivity index (χ2n) is 5.92. The molecule has 1 aromatic carbocycles. The molecule has 1 aromatic heterocycles. The van der Waals surface area contributed by atoms with Crippen molar-refractivity contribution in [3.63, 3.8) is 0 Å². The van der Waals surface area contributed by atoms with Crippen molar-refractivity contribution in [1.29, 1.82) is 0 Å². The second-order valence-corrected chi connectivity index (χ2v) is 6.73. The van der Waals surface area contributed by atoms with Crippen molar-refractivity contribution in [2.75, 3.05) is 12.4 Å². The van der Waals surface area contributed by atoms with E-state index in [2.05, 4.69) is 37.8 Å². The highest BCUT2D eigenvalue weighted by Crippen LogP contribution is 2.34. The molecule has 0 unspecified atom stereocenters. The molecule has 8 heteroatoms. The molecule has 148 valence electrons. The fraction of sp³-hybridized carbons (Fsp3) is 0.200. The van der Waals surface area contributed by atoms with E-state index in [-0.39, 0.29) is 5.70 Å². The van der Waals surface area contributed by atoms with Gasteiger partial charge in [0.1, 0.15) is 10.2 Å². The van der Waals surface area contributed by atoms with Crippen LogP contribution in [0, 0.1) is 6.92 Å². The molecule has 0 bridgehead atoms. The summed E-state index contributed by atoms with van der Waals surface area (Å²) < 4.78 is 46.8. The van der Waals surface area contributed by atoms with Gasteiger partial charge in [0, 0.05) is 23.1 Å². The Labute approximate surface area is 170 Å². The Balaban J connectivity index is 2.45. The number of rotatable bonds is 6. The molecule has 1 heterocycles. The lowest BCUT2D eigenvalue weighted by molar-refractivity contribution is -0.0923. The molecule has 1 N–H and O–H groups in total. The molecule has 0 saturated carbocycles. The van der Waals surface area contributed by atoms with Gasteiger partial charge >= 0.3 is 6.18 Å². The normalized spacial score (nSPS) is 13.0. The van der Waals surface area contributed by atoms with Crippen LogP contribution in [0.15, 0.2) is 75.9 Å². The SMILES string of the molecule is C=C(Nc1ccc(C)cc1)/C(=C(\N=C(C)c1ccc(Br)nc1)OC)C(F)(F)F. The Kier molecular flexibility index (Phi) is 7.01. The molecule has 0 radical (unpaired) electrons. The number of ether oxygens (including phenoxy) is 1. The maximum atomic E-state index is 13.8. The molecule has 0 atom stereocenters. The summed E-state index contributed by atoms with van der Waals surface area (Å²) in [5.41, 5.74) is 0.908. The van der Waals surface area contributed by atoms with Gasteiger partial charge in [0.2, 0.25) is 5.88 Å². The third-order valence-corrected chi connectivity index (χ3v) is 4.22.